The zero-order valence-electron chi connectivity index (χ0n) is 14.3. The highest BCUT2D eigenvalue weighted by Gasteiger charge is 2.17. The number of rotatable bonds is 4. The van der Waals surface area contributed by atoms with E-state index in [1.807, 2.05) is 37.3 Å². The first-order valence-corrected chi connectivity index (χ1v) is 8.06. The number of hydrogen-bond acceptors (Lipinski definition) is 2. The molecule has 0 saturated carbocycles. The highest BCUT2D eigenvalue weighted by atomic mass is 16.1. The number of carbonyl (C=O) groups excluding carboxylic acids is 1. The molecule has 25 heavy (non-hydrogen) atoms. The van der Waals surface area contributed by atoms with Gasteiger partial charge < -0.3 is 10.3 Å². The third-order valence-electron chi connectivity index (χ3n) is 4.53. The number of aryl methyl sites for hydroxylation is 1. The van der Waals surface area contributed by atoms with Crippen LogP contribution in [0.15, 0.2) is 54.6 Å². The molecular formula is C21H19N3O. The van der Waals surface area contributed by atoms with Crippen LogP contribution in [-0.4, -0.2) is 10.5 Å². The first-order chi connectivity index (χ1) is 12.0. The highest BCUT2D eigenvalue weighted by Crippen LogP contribution is 2.27. The standard InChI is InChI=1S/C21H19N3O/c1-14-5-3-4-6-18(14)13-24-15(2)19(21(23)25)11-20(24)17-9-7-16(12-22)8-10-17/h3-11H,13H2,1-2H3,(H2,23,25). The molecule has 0 saturated heterocycles. The summed E-state index contributed by atoms with van der Waals surface area (Å²) < 4.78 is 2.10. The van der Waals surface area contributed by atoms with Crippen molar-refractivity contribution in [1.29, 1.82) is 5.26 Å². The van der Waals surface area contributed by atoms with Crippen molar-refractivity contribution in [1.82, 2.24) is 4.57 Å². The van der Waals surface area contributed by atoms with Crippen LogP contribution in [0.1, 0.15) is 32.7 Å². The predicted molar refractivity (Wildman–Crippen MR) is 98.1 cm³/mol. The number of primary amides is 1. The van der Waals surface area contributed by atoms with Gasteiger partial charge in [0, 0.05) is 17.9 Å². The van der Waals surface area contributed by atoms with Crippen molar-refractivity contribution in [2.75, 3.05) is 0 Å². The van der Waals surface area contributed by atoms with Gasteiger partial charge in [0.1, 0.15) is 0 Å². The minimum atomic E-state index is -0.434. The number of carbonyl (C=O) groups is 1. The maximum atomic E-state index is 11.8. The van der Waals surface area contributed by atoms with E-state index in [1.165, 1.54) is 11.1 Å². The summed E-state index contributed by atoms with van der Waals surface area (Å²) in [5.74, 6) is -0.434. The van der Waals surface area contributed by atoms with Crippen LogP contribution < -0.4 is 5.73 Å². The van der Waals surface area contributed by atoms with Gasteiger partial charge in [-0.2, -0.15) is 5.26 Å². The molecule has 2 aromatic carbocycles. The molecule has 0 aliphatic heterocycles. The Morgan fingerprint density at radius 3 is 2.40 bits per heavy atom. The van der Waals surface area contributed by atoms with Crippen molar-refractivity contribution in [3.8, 4) is 17.3 Å². The number of nitrogens with two attached hydrogens (primary N) is 1. The molecule has 0 aliphatic carbocycles. The molecule has 1 aromatic heterocycles. The second-order valence-electron chi connectivity index (χ2n) is 6.09. The number of benzene rings is 2. The van der Waals surface area contributed by atoms with Crippen molar-refractivity contribution in [3.05, 3.63) is 82.5 Å². The van der Waals surface area contributed by atoms with Crippen molar-refractivity contribution < 1.29 is 4.79 Å². The number of nitrogens with zero attached hydrogens (tertiary/aromatic N) is 2. The lowest BCUT2D eigenvalue weighted by molar-refractivity contribution is 0.0999. The van der Waals surface area contributed by atoms with Crippen molar-refractivity contribution >= 4 is 5.91 Å². The molecule has 0 unspecified atom stereocenters. The number of aromatic nitrogens is 1. The van der Waals surface area contributed by atoms with Crippen molar-refractivity contribution in [2.45, 2.75) is 20.4 Å². The van der Waals surface area contributed by atoms with E-state index in [0.29, 0.717) is 17.7 Å². The van der Waals surface area contributed by atoms with Gasteiger partial charge in [0.15, 0.2) is 0 Å². The fraction of sp³-hybridized carbons (Fsp3) is 0.143. The summed E-state index contributed by atoms with van der Waals surface area (Å²) in [6.07, 6.45) is 0. The van der Waals surface area contributed by atoms with Gasteiger partial charge in [0.25, 0.3) is 5.91 Å². The fourth-order valence-electron chi connectivity index (χ4n) is 3.01. The van der Waals surface area contributed by atoms with E-state index in [1.54, 1.807) is 12.1 Å². The van der Waals surface area contributed by atoms with Gasteiger partial charge in [-0.15, -0.1) is 0 Å². The van der Waals surface area contributed by atoms with Crippen molar-refractivity contribution in [2.24, 2.45) is 5.73 Å². The summed E-state index contributed by atoms with van der Waals surface area (Å²) in [5.41, 5.74) is 11.8. The topological polar surface area (TPSA) is 71.8 Å². The van der Waals surface area contributed by atoms with E-state index in [4.69, 9.17) is 11.0 Å². The molecule has 0 atom stereocenters. The Kier molecular flexibility index (Phi) is 4.40. The lowest BCUT2D eigenvalue weighted by atomic mass is 10.1. The van der Waals surface area contributed by atoms with Crippen LogP contribution in [0, 0.1) is 25.2 Å². The van der Waals surface area contributed by atoms with Crippen LogP contribution in [0.4, 0.5) is 0 Å². The molecule has 1 amide bonds. The molecule has 0 bridgehead atoms. The molecule has 0 spiro atoms. The Labute approximate surface area is 147 Å². The lowest BCUT2D eigenvalue weighted by Crippen LogP contribution is -2.13. The molecule has 124 valence electrons. The normalized spacial score (nSPS) is 10.4. The van der Waals surface area contributed by atoms with E-state index < -0.39 is 5.91 Å². The third-order valence-corrected chi connectivity index (χ3v) is 4.53. The molecule has 3 rings (SSSR count). The van der Waals surface area contributed by atoms with Crippen LogP contribution in [0.5, 0.6) is 0 Å². The molecule has 4 nitrogen and oxygen atoms in total. The molecule has 2 N–H and O–H groups in total. The maximum absolute atomic E-state index is 11.8. The number of nitriles is 1. The smallest absolute Gasteiger partial charge is 0.250 e. The van der Waals surface area contributed by atoms with Gasteiger partial charge in [-0.25, -0.2) is 0 Å². The first kappa shape index (κ1) is 16.5. The van der Waals surface area contributed by atoms with Crippen LogP contribution in [0.2, 0.25) is 0 Å². The number of hydrogen-bond donors (Lipinski definition) is 1. The summed E-state index contributed by atoms with van der Waals surface area (Å²) in [5, 5.41) is 8.98. The Morgan fingerprint density at radius 2 is 1.80 bits per heavy atom. The zero-order valence-corrected chi connectivity index (χ0v) is 14.3. The lowest BCUT2D eigenvalue weighted by Gasteiger charge is -2.14. The second-order valence-corrected chi connectivity index (χ2v) is 6.09. The van der Waals surface area contributed by atoms with Crippen LogP contribution in [0.25, 0.3) is 11.3 Å². The fourth-order valence-corrected chi connectivity index (χ4v) is 3.01. The predicted octanol–water partition coefficient (Wildman–Crippen LogP) is 3.79. The average molecular weight is 329 g/mol. The van der Waals surface area contributed by atoms with Gasteiger partial charge >= 0.3 is 0 Å². The third kappa shape index (κ3) is 3.17. The van der Waals surface area contributed by atoms with Crippen LogP contribution >= 0.6 is 0 Å². The van der Waals surface area contributed by atoms with Gasteiger partial charge in [0.2, 0.25) is 0 Å². The van der Waals surface area contributed by atoms with Gasteiger partial charge in [-0.1, -0.05) is 36.4 Å². The van der Waals surface area contributed by atoms with E-state index >= 15 is 0 Å². The minimum Gasteiger partial charge on any atom is -0.366 e. The summed E-state index contributed by atoms with van der Waals surface area (Å²) in [6.45, 7) is 4.64. The minimum absolute atomic E-state index is 0.434. The zero-order chi connectivity index (χ0) is 18.0. The monoisotopic (exact) mass is 329 g/mol. The van der Waals surface area contributed by atoms with E-state index in [0.717, 1.165) is 17.0 Å². The highest BCUT2D eigenvalue weighted by molar-refractivity contribution is 5.95. The molecule has 0 radical (unpaired) electrons. The molecule has 0 fully saturated rings. The van der Waals surface area contributed by atoms with Gasteiger partial charge in [-0.05, 0) is 48.7 Å². The summed E-state index contributed by atoms with van der Waals surface area (Å²) >= 11 is 0. The van der Waals surface area contributed by atoms with Crippen LogP contribution in [-0.2, 0) is 6.54 Å². The van der Waals surface area contributed by atoms with E-state index in [9.17, 15) is 4.79 Å². The molecule has 4 heteroatoms. The second kappa shape index (κ2) is 6.66. The van der Waals surface area contributed by atoms with E-state index in [2.05, 4.69) is 29.7 Å². The van der Waals surface area contributed by atoms with E-state index in [-0.39, 0.29) is 0 Å². The Bertz CT molecular complexity index is 975. The first-order valence-electron chi connectivity index (χ1n) is 8.06. The molecule has 0 aliphatic rings. The Balaban J connectivity index is 2.13. The van der Waals surface area contributed by atoms with Gasteiger partial charge in [-0.3, -0.25) is 4.79 Å². The Morgan fingerprint density at radius 1 is 1.12 bits per heavy atom. The molecular weight excluding hydrogens is 310 g/mol. The maximum Gasteiger partial charge on any atom is 0.250 e. The van der Waals surface area contributed by atoms with Gasteiger partial charge in [0.05, 0.1) is 17.2 Å². The van der Waals surface area contributed by atoms with Crippen LogP contribution in [0.3, 0.4) is 0 Å². The van der Waals surface area contributed by atoms with Crippen molar-refractivity contribution in [3.63, 3.8) is 0 Å². The number of amides is 1. The summed E-state index contributed by atoms with van der Waals surface area (Å²) in [4.78, 5) is 11.8. The quantitative estimate of drug-likeness (QED) is 0.791. The Hall–Kier alpha value is -3.32. The SMILES string of the molecule is Cc1ccccc1Cn1c(-c2ccc(C#N)cc2)cc(C(N)=O)c1C. The largest absolute Gasteiger partial charge is 0.366 e. The summed E-state index contributed by atoms with van der Waals surface area (Å²) in [7, 11) is 0. The molecule has 3 aromatic rings. The summed E-state index contributed by atoms with van der Waals surface area (Å²) in [6, 6.07) is 19.5. The average Bonchev–Trinajstić information content (AvgIpc) is 2.94. The molecule has 1 heterocycles.